The van der Waals surface area contributed by atoms with E-state index in [1.54, 1.807) is 46.5 Å². The molecule has 1 atom stereocenters. The highest BCUT2D eigenvalue weighted by Crippen LogP contribution is 2.42. The van der Waals surface area contributed by atoms with Crippen molar-refractivity contribution in [3.05, 3.63) is 112 Å². The van der Waals surface area contributed by atoms with E-state index in [4.69, 9.17) is 0 Å². The Morgan fingerprint density at radius 3 is 2.55 bits per heavy atom. The van der Waals surface area contributed by atoms with Crippen LogP contribution in [0.4, 0.5) is 0 Å². The van der Waals surface area contributed by atoms with Crippen LogP contribution in [0, 0.1) is 12.8 Å². The highest BCUT2D eigenvalue weighted by Gasteiger charge is 2.45. The molecule has 9 heteroatoms. The number of fused-ring (bicyclic) bond motifs is 1. The van der Waals surface area contributed by atoms with E-state index in [0.29, 0.717) is 23.9 Å². The topological polar surface area (TPSA) is 82.1 Å². The molecule has 1 aliphatic heterocycles. The Bertz CT molecular complexity index is 1920. The molecule has 1 unspecified atom stereocenters. The molecule has 8 nitrogen and oxygen atoms in total. The minimum atomic E-state index is -3.65. The molecule has 0 bridgehead atoms. The van der Waals surface area contributed by atoms with Gasteiger partial charge in [-0.2, -0.15) is 9.40 Å². The van der Waals surface area contributed by atoms with Crippen LogP contribution in [0.25, 0.3) is 16.6 Å². The first-order valence-electron chi connectivity index (χ1n) is 14.4. The van der Waals surface area contributed by atoms with Crippen LogP contribution in [-0.4, -0.2) is 44.7 Å². The van der Waals surface area contributed by atoms with Gasteiger partial charge in [0.15, 0.2) is 0 Å². The van der Waals surface area contributed by atoms with Crippen molar-refractivity contribution in [1.29, 1.82) is 0 Å². The molecule has 0 saturated carbocycles. The van der Waals surface area contributed by atoms with Gasteiger partial charge in [0.05, 0.1) is 22.3 Å². The summed E-state index contributed by atoms with van der Waals surface area (Å²) in [6.45, 7) is 7.98. The quantitative estimate of drug-likeness (QED) is 0.256. The first kappa shape index (κ1) is 28.2. The maximum atomic E-state index is 13.9. The second-order valence-corrected chi connectivity index (χ2v) is 14.0. The summed E-state index contributed by atoms with van der Waals surface area (Å²) in [6, 6.07) is 19.7. The third-order valence-corrected chi connectivity index (χ3v) is 10.3. The van der Waals surface area contributed by atoms with E-state index in [1.165, 1.54) is 5.56 Å². The summed E-state index contributed by atoms with van der Waals surface area (Å²) < 4.78 is 34.8. The van der Waals surface area contributed by atoms with Gasteiger partial charge in [-0.15, -0.1) is 0 Å². The zero-order valence-corrected chi connectivity index (χ0v) is 25.4. The van der Waals surface area contributed by atoms with Crippen molar-refractivity contribution in [3.63, 3.8) is 0 Å². The van der Waals surface area contributed by atoms with Crippen molar-refractivity contribution in [2.24, 2.45) is 13.0 Å². The molecule has 4 heterocycles. The van der Waals surface area contributed by atoms with Gasteiger partial charge in [-0.25, -0.2) is 13.1 Å². The molecule has 0 spiro atoms. The summed E-state index contributed by atoms with van der Waals surface area (Å²) >= 11 is 0. The zero-order valence-electron chi connectivity index (χ0n) is 24.6. The normalized spacial score (nSPS) is 17.9. The van der Waals surface area contributed by atoms with Crippen LogP contribution in [0.15, 0.2) is 95.1 Å². The van der Waals surface area contributed by atoms with Crippen molar-refractivity contribution in [3.8, 4) is 5.69 Å². The molecule has 1 saturated heterocycles. The Kier molecular flexibility index (Phi) is 7.19. The van der Waals surface area contributed by atoms with Crippen LogP contribution in [-0.2, 0) is 35.5 Å². The Morgan fingerprint density at radius 2 is 1.81 bits per heavy atom. The number of aryl methyl sites for hydroxylation is 2. The summed E-state index contributed by atoms with van der Waals surface area (Å²) in [5.41, 5.74) is 4.70. The highest BCUT2D eigenvalue weighted by atomic mass is 32.2. The average Bonchev–Trinajstić information content (AvgIpc) is 3.70. The maximum Gasteiger partial charge on any atom is 0.250 e. The summed E-state index contributed by atoms with van der Waals surface area (Å²) in [6.07, 6.45) is 8.70. The lowest BCUT2D eigenvalue weighted by Gasteiger charge is -2.32. The molecule has 218 valence electrons. The first-order chi connectivity index (χ1) is 20.1. The van der Waals surface area contributed by atoms with Crippen molar-refractivity contribution < 1.29 is 8.42 Å². The van der Waals surface area contributed by atoms with E-state index in [-0.39, 0.29) is 5.56 Å². The van der Waals surface area contributed by atoms with Gasteiger partial charge in [-0.05, 0) is 66.6 Å². The Balaban J connectivity index is 1.40. The predicted octanol–water partition coefficient (Wildman–Crippen LogP) is 5.07. The first-order valence-corrected chi connectivity index (χ1v) is 15.9. The van der Waals surface area contributed by atoms with E-state index < -0.39 is 15.4 Å². The van der Waals surface area contributed by atoms with Crippen molar-refractivity contribution >= 4 is 20.9 Å². The van der Waals surface area contributed by atoms with E-state index in [1.807, 2.05) is 39.8 Å². The fourth-order valence-electron chi connectivity index (χ4n) is 6.40. The largest absolute Gasteiger partial charge is 0.353 e. The number of nitrogens with zero attached hydrogens (tertiary/aromatic N) is 5. The van der Waals surface area contributed by atoms with E-state index in [9.17, 15) is 13.2 Å². The Morgan fingerprint density at radius 1 is 1.02 bits per heavy atom. The summed E-state index contributed by atoms with van der Waals surface area (Å²) in [4.78, 5) is 12.3. The van der Waals surface area contributed by atoms with Crippen molar-refractivity contribution in [1.82, 2.24) is 23.2 Å². The van der Waals surface area contributed by atoms with Crippen LogP contribution in [0.5, 0.6) is 0 Å². The molecule has 0 radical (unpaired) electrons. The molecular weight excluding hydrogens is 546 g/mol. The van der Waals surface area contributed by atoms with Gasteiger partial charge >= 0.3 is 0 Å². The van der Waals surface area contributed by atoms with Crippen molar-refractivity contribution in [2.45, 2.75) is 50.5 Å². The van der Waals surface area contributed by atoms with Crippen LogP contribution in [0.2, 0.25) is 0 Å². The van der Waals surface area contributed by atoms with E-state index in [0.717, 1.165) is 47.1 Å². The zero-order chi connectivity index (χ0) is 29.6. The number of pyridine rings is 1. The van der Waals surface area contributed by atoms with Crippen molar-refractivity contribution in [2.75, 3.05) is 13.1 Å². The monoisotopic (exact) mass is 583 g/mol. The number of rotatable bonds is 8. The third kappa shape index (κ3) is 5.12. The van der Waals surface area contributed by atoms with Gasteiger partial charge in [0.1, 0.15) is 0 Å². The van der Waals surface area contributed by atoms with Gasteiger partial charge < -0.3 is 9.13 Å². The van der Waals surface area contributed by atoms with Gasteiger partial charge in [-0.1, -0.05) is 44.2 Å². The summed E-state index contributed by atoms with van der Waals surface area (Å²) in [5.74, 6) is 0.425. The molecule has 1 fully saturated rings. The molecule has 5 aromatic rings. The number of benzene rings is 2. The van der Waals surface area contributed by atoms with Gasteiger partial charge in [0.25, 0.3) is 0 Å². The minimum Gasteiger partial charge on any atom is -0.353 e. The fourth-order valence-corrected chi connectivity index (χ4v) is 7.95. The number of hydrogen-bond donors (Lipinski definition) is 0. The maximum absolute atomic E-state index is 13.9. The molecule has 1 aliphatic rings. The predicted molar refractivity (Wildman–Crippen MR) is 166 cm³/mol. The van der Waals surface area contributed by atoms with E-state index in [2.05, 4.69) is 50.1 Å². The molecule has 42 heavy (non-hydrogen) atoms. The standard InChI is InChI=1S/C33H37N5O3S/c1-24(2)20-36-14-12-29(22-36)42(40,41)37-15-13-33(23-37,18-26-8-6-5-7-9-26)30-17-27-19-34-38(31(27)16-25(30)3)28-10-11-32(39)35(4)21-28/h5-12,14,16-17,19,21-22,24H,13,15,18,20,23H2,1-4H3. The molecule has 3 aromatic heterocycles. The van der Waals surface area contributed by atoms with Crippen LogP contribution >= 0.6 is 0 Å². The molecular formula is C33H37N5O3S. The van der Waals surface area contributed by atoms with Crippen LogP contribution < -0.4 is 5.56 Å². The van der Waals surface area contributed by atoms with E-state index >= 15 is 0 Å². The summed E-state index contributed by atoms with van der Waals surface area (Å²) in [5, 5.41) is 5.64. The lowest BCUT2D eigenvalue weighted by Crippen LogP contribution is -2.36. The lowest BCUT2D eigenvalue weighted by molar-refractivity contribution is 0.413. The van der Waals surface area contributed by atoms with Crippen LogP contribution in [0.3, 0.4) is 0 Å². The smallest absolute Gasteiger partial charge is 0.250 e. The number of sulfonamides is 1. The van der Waals surface area contributed by atoms with Crippen LogP contribution in [0.1, 0.15) is 37.0 Å². The van der Waals surface area contributed by atoms with Gasteiger partial charge in [0, 0.05) is 62.1 Å². The second kappa shape index (κ2) is 10.7. The SMILES string of the molecule is Cc1cc2c(cnn2-c2ccc(=O)n(C)c2)cc1C1(Cc2ccccc2)CCN(S(=O)(=O)c2ccn(CC(C)C)c2)C1. The van der Waals surface area contributed by atoms with Gasteiger partial charge in [-0.3, -0.25) is 4.79 Å². The molecule has 0 N–H and O–H groups in total. The second-order valence-electron chi connectivity index (χ2n) is 12.1. The van der Waals surface area contributed by atoms with Gasteiger partial charge in [0.2, 0.25) is 15.6 Å². The third-order valence-electron chi connectivity index (χ3n) is 8.44. The average molecular weight is 584 g/mol. The highest BCUT2D eigenvalue weighted by molar-refractivity contribution is 7.89. The Hall–Kier alpha value is -3.95. The molecule has 6 rings (SSSR count). The number of hydrogen-bond acceptors (Lipinski definition) is 4. The molecule has 0 amide bonds. The minimum absolute atomic E-state index is 0.0752. The molecule has 2 aromatic carbocycles. The fraction of sp³-hybridized carbons (Fsp3) is 0.333. The Labute approximate surface area is 246 Å². The lowest BCUT2D eigenvalue weighted by atomic mass is 9.73. The summed E-state index contributed by atoms with van der Waals surface area (Å²) in [7, 11) is -1.92. The number of aromatic nitrogens is 4. The molecule has 0 aliphatic carbocycles.